The summed E-state index contributed by atoms with van der Waals surface area (Å²) in [5.74, 6) is -2.46. The minimum absolute atomic E-state index is 0.0586. The molecule has 0 saturated carbocycles. The van der Waals surface area contributed by atoms with Crippen LogP contribution >= 0.6 is 15.9 Å². The van der Waals surface area contributed by atoms with E-state index in [1.54, 1.807) is 6.07 Å². The van der Waals surface area contributed by atoms with Crippen molar-refractivity contribution in [1.29, 1.82) is 5.26 Å². The largest absolute Gasteiger partial charge is 0.348 e. The summed E-state index contributed by atoms with van der Waals surface area (Å²) in [4.78, 5) is 0. The predicted octanol–water partition coefficient (Wildman–Crippen LogP) is 4.48. The molecule has 0 aliphatic rings. The van der Waals surface area contributed by atoms with Crippen molar-refractivity contribution in [2.75, 3.05) is 5.32 Å². The number of halogens is 4. The van der Waals surface area contributed by atoms with Gasteiger partial charge in [0.25, 0.3) is 0 Å². The molecule has 0 unspecified atom stereocenters. The molecule has 0 aliphatic heterocycles. The molecule has 19 heavy (non-hydrogen) atoms. The number of anilines is 2. The van der Waals surface area contributed by atoms with E-state index in [1.165, 1.54) is 18.2 Å². The maximum atomic E-state index is 13.9. The number of nitriles is 1. The smallest absolute Gasteiger partial charge is 0.162 e. The summed E-state index contributed by atoms with van der Waals surface area (Å²) in [6, 6.07) is 7.69. The van der Waals surface area contributed by atoms with Crippen molar-refractivity contribution >= 4 is 27.3 Å². The third kappa shape index (κ3) is 2.56. The van der Waals surface area contributed by atoms with Gasteiger partial charge in [-0.05, 0) is 40.2 Å². The van der Waals surface area contributed by atoms with Gasteiger partial charge in [0.15, 0.2) is 5.82 Å². The van der Waals surface area contributed by atoms with E-state index in [0.29, 0.717) is 0 Å². The Bertz CT molecular complexity index is 660. The summed E-state index contributed by atoms with van der Waals surface area (Å²) in [7, 11) is 0. The van der Waals surface area contributed by atoms with E-state index in [4.69, 9.17) is 5.26 Å². The van der Waals surface area contributed by atoms with Crippen LogP contribution in [-0.4, -0.2) is 0 Å². The van der Waals surface area contributed by atoms with Crippen LogP contribution in [0, 0.1) is 28.8 Å². The molecule has 2 aromatic carbocycles. The fraction of sp³-hybridized carbons (Fsp3) is 0. The molecule has 2 rings (SSSR count). The molecule has 0 saturated heterocycles. The highest BCUT2D eigenvalue weighted by Crippen LogP contribution is 2.30. The molecule has 0 aliphatic carbocycles. The highest BCUT2D eigenvalue weighted by atomic mass is 79.9. The number of rotatable bonds is 2. The number of para-hydroxylation sites is 1. The molecule has 0 amide bonds. The van der Waals surface area contributed by atoms with Gasteiger partial charge in [-0.1, -0.05) is 6.07 Å². The molecular formula is C13H6BrF3N2. The summed E-state index contributed by atoms with van der Waals surface area (Å²) >= 11 is 2.92. The van der Waals surface area contributed by atoms with Crippen molar-refractivity contribution < 1.29 is 13.2 Å². The van der Waals surface area contributed by atoms with E-state index < -0.39 is 23.1 Å². The third-order valence-electron chi connectivity index (χ3n) is 2.43. The highest BCUT2D eigenvalue weighted by Gasteiger charge is 2.14. The Morgan fingerprint density at radius 2 is 1.68 bits per heavy atom. The van der Waals surface area contributed by atoms with Crippen LogP contribution in [0.15, 0.2) is 34.8 Å². The molecule has 1 N–H and O–H groups in total. The summed E-state index contributed by atoms with van der Waals surface area (Å²) in [6.45, 7) is 0. The Hall–Kier alpha value is -2.00. The van der Waals surface area contributed by atoms with Crippen LogP contribution in [0.5, 0.6) is 0 Å². The van der Waals surface area contributed by atoms with Gasteiger partial charge in [0, 0.05) is 0 Å². The van der Waals surface area contributed by atoms with Gasteiger partial charge in [0.1, 0.15) is 23.4 Å². The second-order valence-electron chi connectivity index (χ2n) is 3.62. The first kappa shape index (κ1) is 13.4. The Morgan fingerprint density at radius 3 is 2.26 bits per heavy atom. The minimum Gasteiger partial charge on any atom is -0.348 e. The lowest BCUT2D eigenvalue weighted by Gasteiger charge is -2.10. The molecule has 0 radical (unpaired) electrons. The molecule has 0 fully saturated rings. The first-order valence-corrected chi connectivity index (χ1v) is 5.93. The lowest BCUT2D eigenvalue weighted by molar-refractivity contribution is 0.589. The molecule has 2 aromatic rings. The Balaban J connectivity index is 2.46. The topological polar surface area (TPSA) is 35.8 Å². The highest BCUT2D eigenvalue weighted by molar-refractivity contribution is 9.10. The molecule has 6 heteroatoms. The maximum absolute atomic E-state index is 13.9. The normalized spacial score (nSPS) is 10.1. The molecule has 96 valence electrons. The van der Waals surface area contributed by atoms with Gasteiger partial charge in [-0.3, -0.25) is 0 Å². The van der Waals surface area contributed by atoms with Crippen LogP contribution < -0.4 is 5.32 Å². The van der Waals surface area contributed by atoms with Crippen molar-refractivity contribution in [3.63, 3.8) is 0 Å². The zero-order chi connectivity index (χ0) is 14.0. The van der Waals surface area contributed by atoms with Crippen molar-refractivity contribution in [2.24, 2.45) is 0 Å². The molecule has 0 heterocycles. The molecule has 0 aromatic heterocycles. The maximum Gasteiger partial charge on any atom is 0.162 e. The average molecular weight is 327 g/mol. The van der Waals surface area contributed by atoms with Crippen molar-refractivity contribution in [3.05, 3.63) is 57.8 Å². The third-order valence-corrected chi connectivity index (χ3v) is 3.20. The van der Waals surface area contributed by atoms with E-state index in [-0.39, 0.29) is 15.7 Å². The molecule has 0 bridgehead atoms. The van der Waals surface area contributed by atoms with Crippen LogP contribution in [0.4, 0.5) is 24.5 Å². The number of nitrogens with one attached hydrogen (secondary N) is 1. The van der Waals surface area contributed by atoms with Gasteiger partial charge in [0.05, 0.1) is 15.7 Å². The zero-order valence-electron chi connectivity index (χ0n) is 9.35. The van der Waals surface area contributed by atoms with E-state index >= 15 is 0 Å². The fourth-order valence-corrected chi connectivity index (χ4v) is 1.92. The summed E-state index contributed by atoms with van der Waals surface area (Å²) < 4.78 is 40.7. The van der Waals surface area contributed by atoms with Gasteiger partial charge in [0.2, 0.25) is 0 Å². The second kappa shape index (κ2) is 5.33. The summed E-state index contributed by atoms with van der Waals surface area (Å²) in [5, 5.41) is 11.1. The van der Waals surface area contributed by atoms with Gasteiger partial charge < -0.3 is 5.32 Å². The Morgan fingerprint density at radius 1 is 1.05 bits per heavy atom. The summed E-state index contributed by atoms with van der Waals surface area (Å²) in [6.07, 6.45) is 0. The van der Waals surface area contributed by atoms with Crippen LogP contribution in [-0.2, 0) is 0 Å². The van der Waals surface area contributed by atoms with E-state index in [9.17, 15) is 13.2 Å². The minimum atomic E-state index is -0.833. The monoisotopic (exact) mass is 326 g/mol. The van der Waals surface area contributed by atoms with E-state index in [1.807, 2.05) is 0 Å². The second-order valence-corrected chi connectivity index (χ2v) is 4.42. The van der Waals surface area contributed by atoms with E-state index in [2.05, 4.69) is 21.2 Å². The molecule has 0 spiro atoms. The lowest BCUT2D eigenvalue weighted by atomic mass is 10.2. The number of benzene rings is 2. The van der Waals surface area contributed by atoms with Gasteiger partial charge in [-0.25, -0.2) is 13.2 Å². The number of hydrogen-bond acceptors (Lipinski definition) is 2. The molecule has 0 atom stereocenters. The van der Waals surface area contributed by atoms with Gasteiger partial charge in [-0.15, -0.1) is 0 Å². The quantitative estimate of drug-likeness (QED) is 0.883. The van der Waals surface area contributed by atoms with Crippen molar-refractivity contribution in [2.45, 2.75) is 0 Å². The lowest BCUT2D eigenvalue weighted by Crippen LogP contribution is -2.00. The number of nitrogens with zero attached hydrogens (tertiary/aromatic N) is 1. The first-order chi connectivity index (χ1) is 9.04. The van der Waals surface area contributed by atoms with Crippen LogP contribution in [0.3, 0.4) is 0 Å². The van der Waals surface area contributed by atoms with Gasteiger partial charge >= 0.3 is 0 Å². The van der Waals surface area contributed by atoms with Crippen molar-refractivity contribution in [1.82, 2.24) is 0 Å². The van der Waals surface area contributed by atoms with E-state index in [0.717, 1.165) is 12.1 Å². The Labute approximate surface area is 115 Å². The number of hydrogen-bond donors (Lipinski definition) is 1. The zero-order valence-corrected chi connectivity index (χ0v) is 10.9. The first-order valence-electron chi connectivity index (χ1n) is 5.13. The molecule has 2 nitrogen and oxygen atoms in total. The predicted molar refractivity (Wildman–Crippen MR) is 68.5 cm³/mol. The van der Waals surface area contributed by atoms with Gasteiger partial charge in [-0.2, -0.15) is 5.26 Å². The summed E-state index contributed by atoms with van der Waals surface area (Å²) in [5.41, 5.74) is -0.482. The standard InChI is InChI=1S/C13H6BrF3N2/c14-11-7(6-18)4-5-10(12(11)17)19-13-8(15)2-1-3-9(13)16/h1-5,19H. The SMILES string of the molecule is N#Cc1ccc(Nc2c(F)cccc2F)c(F)c1Br. The van der Waals surface area contributed by atoms with Crippen LogP contribution in [0.1, 0.15) is 5.56 Å². The fourth-order valence-electron chi connectivity index (χ4n) is 1.48. The molecular weight excluding hydrogens is 321 g/mol. The average Bonchev–Trinajstić information content (AvgIpc) is 2.39. The Kier molecular flexibility index (Phi) is 3.76. The van der Waals surface area contributed by atoms with Crippen LogP contribution in [0.2, 0.25) is 0 Å². The van der Waals surface area contributed by atoms with Crippen molar-refractivity contribution in [3.8, 4) is 6.07 Å². The van der Waals surface area contributed by atoms with Crippen LogP contribution in [0.25, 0.3) is 0 Å².